The number of carbonyl (C=O) groups is 1. The number of nitrogens with one attached hydrogen (secondary N) is 1. The lowest BCUT2D eigenvalue weighted by atomic mass is 9.97. The summed E-state index contributed by atoms with van der Waals surface area (Å²) in [6, 6.07) is 8.64. The summed E-state index contributed by atoms with van der Waals surface area (Å²) in [5.41, 5.74) is 3.89. The Hall–Kier alpha value is -1.72. The number of hydrogen-bond acceptors (Lipinski definition) is 4. The van der Waals surface area contributed by atoms with Crippen molar-refractivity contribution in [2.45, 2.75) is 45.2 Å². The number of benzene rings is 1. The van der Waals surface area contributed by atoms with Gasteiger partial charge >= 0.3 is 0 Å². The van der Waals surface area contributed by atoms with E-state index in [9.17, 15) is 4.79 Å². The highest BCUT2D eigenvalue weighted by atomic mass is 32.1. The van der Waals surface area contributed by atoms with E-state index < -0.39 is 0 Å². The molecule has 0 bridgehead atoms. The molecule has 4 nitrogen and oxygen atoms in total. The molecular weight excluding hydrogens is 318 g/mol. The molecule has 1 atom stereocenters. The Morgan fingerprint density at radius 2 is 2.17 bits per heavy atom. The monoisotopic (exact) mass is 341 g/mol. The van der Waals surface area contributed by atoms with Crippen LogP contribution >= 0.6 is 11.3 Å². The predicted octanol–water partition coefficient (Wildman–Crippen LogP) is 3.00. The number of hydrogen-bond donors (Lipinski definition) is 1. The van der Waals surface area contributed by atoms with Crippen molar-refractivity contribution in [3.63, 3.8) is 0 Å². The molecule has 0 saturated heterocycles. The van der Waals surface area contributed by atoms with E-state index >= 15 is 0 Å². The van der Waals surface area contributed by atoms with Gasteiger partial charge in [0.25, 0.3) is 0 Å². The van der Waals surface area contributed by atoms with Gasteiger partial charge in [0, 0.05) is 18.0 Å². The number of nitrogens with zero attached hydrogens (tertiary/aromatic N) is 2. The van der Waals surface area contributed by atoms with Crippen molar-refractivity contribution in [1.82, 2.24) is 15.2 Å². The van der Waals surface area contributed by atoms with Gasteiger partial charge in [-0.05, 0) is 43.7 Å². The number of amides is 1. The van der Waals surface area contributed by atoms with Crippen LogP contribution in [0.25, 0.3) is 0 Å². The van der Waals surface area contributed by atoms with E-state index in [4.69, 9.17) is 0 Å². The molecule has 5 heteroatoms. The van der Waals surface area contributed by atoms with Crippen LogP contribution in [0.5, 0.6) is 0 Å². The zero-order valence-electron chi connectivity index (χ0n) is 14.0. The topological polar surface area (TPSA) is 45.2 Å². The molecule has 1 aromatic heterocycles. The Morgan fingerprint density at radius 1 is 1.33 bits per heavy atom. The predicted molar refractivity (Wildman–Crippen MR) is 96.1 cm³/mol. The number of rotatable bonds is 3. The Labute approximate surface area is 146 Å². The second kappa shape index (κ2) is 6.65. The van der Waals surface area contributed by atoms with Gasteiger partial charge in [0.05, 0.1) is 23.3 Å². The lowest BCUT2D eigenvalue weighted by Crippen LogP contribution is -2.41. The largest absolute Gasteiger partial charge is 0.347 e. The molecule has 0 spiro atoms. The van der Waals surface area contributed by atoms with Crippen molar-refractivity contribution in [2.75, 3.05) is 13.1 Å². The highest BCUT2D eigenvalue weighted by molar-refractivity contribution is 7.11. The summed E-state index contributed by atoms with van der Waals surface area (Å²) in [6.45, 7) is 4.35. The number of thiazole rings is 1. The minimum atomic E-state index is 0.100. The number of carbonyl (C=O) groups excluding carboxylic acids is 1. The van der Waals surface area contributed by atoms with Crippen LogP contribution in [0.1, 0.15) is 45.6 Å². The molecule has 24 heavy (non-hydrogen) atoms. The smallest absolute Gasteiger partial charge is 0.234 e. The Balaban J connectivity index is 1.38. The fourth-order valence-electron chi connectivity index (χ4n) is 3.81. The molecule has 2 aliphatic rings. The first-order valence-electron chi connectivity index (χ1n) is 8.74. The second-order valence-electron chi connectivity index (χ2n) is 6.78. The van der Waals surface area contributed by atoms with Crippen LogP contribution < -0.4 is 5.32 Å². The number of aromatic nitrogens is 1. The van der Waals surface area contributed by atoms with Crippen molar-refractivity contribution >= 4 is 17.2 Å². The zero-order valence-corrected chi connectivity index (χ0v) is 14.9. The van der Waals surface area contributed by atoms with Crippen LogP contribution in [0.15, 0.2) is 24.3 Å². The fraction of sp³-hybridized carbons (Fsp3) is 0.474. The van der Waals surface area contributed by atoms with Gasteiger partial charge in [-0.2, -0.15) is 0 Å². The molecule has 1 aliphatic carbocycles. The molecular formula is C19H23N3OS. The second-order valence-corrected chi connectivity index (χ2v) is 8.07. The minimum absolute atomic E-state index is 0.100. The normalized spacial score (nSPS) is 20.3. The molecule has 4 rings (SSSR count). The van der Waals surface area contributed by atoms with E-state index in [1.165, 1.54) is 16.0 Å². The van der Waals surface area contributed by atoms with E-state index in [-0.39, 0.29) is 11.9 Å². The van der Waals surface area contributed by atoms with Gasteiger partial charge < -0.3 is 5.32 Å². The lowest BCUT2D eigenvalue weighted by Gasteiger charge is -2.29. The molecule has 0 fully saturated rings. The molecule has 1 amide bonds. The molecule has 126 valence electrons. The maximum absolute atomic E-state index is 12.5. The van der Waals surface area contributed by atoms with Crippen molar-refractivity contribution in [3.8, 4) is 0 Å². The maximum Gasteiger partial charge on any atom is 0.234 e. The minimum Gasteiger partial charge on any atom is -0.347 e. The third kappa shape index (κ3) is 3.23. The van der Waals surface area contributed by atoms with Crippen LogP contribution in [0.4, 0.5) is 0 Å². The van der Waals surface area contributed by atoms with Crippen molar-refractivity contribution in [1.29, 1.82) is 0 Å². The summed E-state index contributed by atoms with van der Waals surface area (Å²) in [5, 5.41) is 4.33. The van der Waals surface area contributed by atoms with Crippen LogP contribution in [-0.2, 0) is 24.2 Å². The van der Waals surface area contributed by atoms with Gasteiger partial charge in [-0.1, -0.05) is 24.3 Å². The average Bonchev–Trinajstić information content (AvgIpc) is 2.96. The van der Waals surface area contributed by atoms with E-state index in [2.05, 4.69) is 39.5 Å². The summed E-state index contributed by atoms with van der Waals surface area (Å²) in [5.74, 6) is 0.123. The Morgan fingerprint density at radius 3 is 3.04 bits per heavy atom. The summed E-state index contributed by atoms with van der Waals surface area (Å²) in [7, 11) is 0. The summed E-state index contributed by atoms with van der Waals surface area (Å²) in [6.07, 6.45) is 4.28. The molecule has 1 unspecified atom stereocenters. The number of fused-ring (bicyclic) bond motifs is 2. The lowest BCUT2D eigenvalue weighted by molar-refractivity contribution is -0.123. The summed E-state index contributed by atoms with van der Waals surface area (Å²) >= 11 is 1.78. The van der Waals surface area contributed by atoms with Gasteiger partial charge in [-0.3, -0.25) is 9.69 Å². The molecule has 2 heterocycles. The first-order valence-corrected chi connectivity index (χ1v) is 9.55. The molecule has 1 aromatic carbocycles. The van der Waals surface area contributed by atoms with Crippen molar-refractivity contribution < 1.29 is 4.79 Å². The SMILES string of the molecule is Cc1nc2c(s1)CCCC2NC(=O)CN1CCc2ccccc2C1. The first kappa shape index (κ1) is 15.8. The van der Waals surface area contributed by atoms with Gasteiger partial charge in [-0.25, -0.2) is 4.98 Å². The summed E-state index contributed by atoms with van der Waals surface area (Å²) in [4.78, 5) is 20.8. The fourth-order valence-corrected chi connectivity index (χ4v) is 4.85. The number of aryl methyl sites for hydroxylation is 2. The molecule has 0 radical (unpaired) electrons. The zero-order chi connectivity index (χ0) is 16.5. The van der Waals surface area contributed by atoms with Crippen molar-refractivity contribution in [3.05, 3.63) is 51.0 Å². The summed E-state index contributed by atoms with van der Waals surface area (Å²) < 4.78 is 0. The van der Waals surface area contributed by atoms with E-state index in [0.29, 0.717) is 6.54 Å². The Kier molecular flexibility index (Phi) is 4.37. The van der Waals surface area contributed by atoms with Crippen LogP contribution in [0.3, 0.4) is 0 Å². The van der Waals surface area contributed by atoms with Gasteiger partial charge in [0.2, 0.25) is 5.91 Å². The van der Waals surface area contributed by atoms with Crippen molar-refractivity contribution in [2.24, 2.45) is 0 Å². The van der Waals surface area contributed by atoms with Gasteiger partial charge in [-0.15, -0.1) is 11.3 Å². The maximum atomic E-state index is 12.5. The molecule has 2 aromatic rings. The highest BCUT2D eigenvalue weighted by Gasteiger charge is 2.26. The third-order valence-corrected chi connectivity index (χ3v) is 6.02. The highest BCUT2D eigenvalue weighted by Crippen LogP contribution is 2.33. The average molecular weight is 341 g/mol. The molecule has 1 N–H and O–H groups in total. The molecule has 0 saturated carbocycles. The van der Waals surface area contributed by atoms with Gasteiger partial charge in [0.1, 0.15) is 0 Å². The van der Waals surface area contributed by atoms with E-state index in [0.717, 1.165) is 49.5 Å². The Bertz CT molecular complexity index is 755. The quantitative estimate of drug-likeness (QED) is 0.933. The molecule has 1 aliphatic heterocycles. The third-order valence-electron chi connectivity index (χ3n) is 4.97. The van der Waals surface area contributed by atoms with E-state index in [1.807, 2.05) is 6.92 Å². The van der Waals surface area contributed by atoms with Gasteiger partial charge in [0.15, 0.2) is 0 Å². The van der Waals surface area contributed by atoms with Crippen LogP contribution in [0.2, 0.25) is 0 Å². The van der Waals surface area contributed by atoms with E-state index in [1.54, 1.807) is 11.3 Å². The van der Waals surface area contributed by atoms with Crippen LogP contribution in [-0.4, -0.2) is 28.9 Å². The van der Waals surface area contributed by atoms with Crippen LogP contribution in [0, 0.1) is 6.92 Å². The first-order chi connectivity index (χ1) is 11.7. The standard InChI is InChI=1S/C19H23N3OS/c1-13-20-19-16(7-4-8-17(19)24-13)21-18(23)12-22-10-9-14-5-2-3-6-15(14)11-22/h2-3,5-6,16H,4,7-12H2,1H3,(H,21,23).